The molecule has 0 saturated heterocycles. The highest BCUT2D eigenvalue weighted by Crippen LogP contribution is 2.29. The Bertz CT molecular complexity index is 1040. The van der Waals surface area contributed by atoms with Crippen molar-refractivity contribution < 1.29 is 23.8 Å². The van der Waals surface area contributed by atoms with Gasteiger partial charge in [0.25, 0.3) is 5.91 Å². The van der Waals surface area contributed by atoms with Crippen LogP contribution >= 0.6 is 11.3 Å². The molecule has 0 spiro atoms. The zero-order valence-corrected chi connectivity index (χ0v) is 18.9. The van der Waals surface area contributed by atoms with E-state index < -0.39 is 5.91 Å². The highest BCUT2D eigenvalue weighted by atomic mass is 32.1. The van der Waals surface area contributed by atoms with Crippen LogP contribution in [0.5, 0.6) is 17.2 Å². The Balaban J connectivity index is 1.58. The van der Waals surface area contributed by atoms with Gasteiger partial charge in [0.2, 0.25) is 5.91 Å². The van der Waals surface area contributed by atoms with Crippen LogP contribution in [-0.2, 0) is 17.9 Å². The van der Waals surface area contributed by atoms with Crippen LogP contribution in [0.1, 0.15) is 27.7 Å². The van der Waals surface area contributed by atoms with Gasteiger partial charge in [0, 0.05) is 23.5 Å². The molecular weight excluding hydrogens is 428 g/mol. The molecule has 32 heavy (non-hydrogen) atoms. The van der Waals surface area contributed by atoms with Gasteiger partial charge in [-0.3, -0.25) is 9.59 Å². The summed E-state index contributed by atoms with van der Waals surface area (Å²) in [6, 6.07) is 16.0. The Morgan fingerprint density at radius 1 is 1.03 bits per heavy atom. The monoisotopic (exact) mass is 454 g/mol. The molecule has 0 aliphatic rings. The Morgan fingerprint density at radius 3 is 2.44 bits per heavy atom. The number of hydrogen-bond donors (Lipinski definition) is 1. The number of nitrogens with two attached hydrogens (primary N) is 1. The fourth-order valence-corrected chi connectivity index (χ4v) is 3.64. The first-order valence-electron chi connectivity index (χ1n) is 10.1. The third-order valence-electron chi connectivity index (χ3n) is 4.79. The van der Waals surface area contributed by atoms with Gasteiger partial charge in [0.1, 0.15) is 12.4 Å². The maximum atomic E-state index is 12.7. The van der Waals surface area contributed by atoms with Crippen molar-refractivity contribution in [2.24, 2.45) is 5.73 Å². The average Bonchev–Trinajstić information content (AvgIpc) is 3.33. The van der Waals surface area contributed by atoms with Crippen molar-refractivity contribution in [3.8, 4) is 17.2 Å². The molecule has 1 aromatic heterocycles. The van der Waals surface area contributed by atoms with Crippen LogP contribution in [0.3, 0.4) is 0 Å². The second-order valence-corrected chi connectivity index (χ2v) is 7.97. The summed E-state index contributed by atoms with van der Waals surface area (Å²) >= 11 is 1.64. The molecule has 3 rings (SSSR count). The van der Waals surface area contributed by atoms with Crippen LogP contribution in [0.4, 0.5) is 0 Å². The first kappa shape index (κ1) is 23.1. The van der Waals surface area contributed by atoms with Crippen LogP contribution in [0.15, 0.2) is 60.0 Å². The SMILES string of the molecule is CCN(Cc1ccc(OCc2cccs2)c(OC)c1)C(=O)COc1ccc(C(N)=O)cc1. The first-order chi connectivity index (χ1) is 15.5. The van der Waals surface area contributed by atoms with E-state index in [4.69, 9.17) is 19.9 Å². The van der Waals surface area contributed by atoms with Crippen molar-refractivity contribution in [1.29, 1.82) is 0 Å². The van der Waals surface area contributed by atoms with E-state index in [1.165, 1.54) is 0 Å². The van der Waals surface area contributed by atoms with E-state index in [9.17, 15) is 9.59 Å². The zero-order valence-electron chi connectivity index (χ0n) is 18.1. The lowest BCUT2D eigenvalue weighted by Gasteiger charge is -2.22. The minimum absolute atomic E-state index is 0.108. The predicted octanol–water partition coefficient (Wildman–Crippen LogP) is 3.86. The number of rotatable bonds is 11. The number of benzene rings is 2. The fraction of sp³-hybridized carbons (Fsp3) is 0.250. The second kappa shape index (κ2) is 11.2. The molecule has 2 aromatic carbocycles. The van der Waals surface area contributed by atoms with Crippen molar-refractivity contribution >= 4 is 23.2 Å². The lowest BCUT2D eigenvalue weighted by molar-refractivity contribution is -0.133. The molecule has 7 nitrogen and oxygen atoms in total. The van der Waals surface area contributed by atoms with Crippen LogP contribution in [0.25, 0.3) is 0 Å². The van der Waals surface area contributed by atoms with Gasteiger partial charge in [0.05, 0.1) is 7.11 Å². The molecule has 3 aromatic rings. The van der Waals surface area contributed by atoms with E-state index in [1.54, 1.807) is 47.6 Å². The maximum Gasteiger partial charge on any atom is 0.260 e. The molecule has 0 unspecified atom stereocenters. The standard InChI is InChI=1S/C24H26N2O5S/c1-3-26(23(27)16-30-19-9-7-18(8-10-19)24(25)28)14-17-6-11-21(22(13-17)29-2)31-15-20-5-4-12-32-20/h4-13H,3,14-16H2,1-2H3,(H2,25,28). The molecule has 168 valence electrons. The number of likely N-dealkylation sites (N-methyl/N-ethyl adjacent to an activating group) is 1. The Hall–Kier alpha value is -3.52. The summed E-state index contributed by atoms with van der Waals surface area (Å²) in [5.41, 5.74) is 6.54. The number of thiophene rings is 1. The molecule has 0 aliphatic carbocycles. The molecule has 2 amide bonds. The van der Waals surface area contributed by atoms with Gasteiger partial charge < -0.3 is 24.8 Å². The Morgan fingerprint density at radius 2 is 1.81 bits per heavy atom. The minimum Gasteiger partial charge on any atom is -0.493 e. The van der Waals surface area contributed by atoms with Gasteiger partial charge >= 0.3 is 0 Å². The summed E-state index contributed by atoms with van der Waals surface area (Å²) < 4.78 is 16.9. The van der Waals surface area contributed by atoms with E-state index >= 15 is 0 Å². The fourth-order valence-electron chi connectivity index (χ4n) is 3.02. The van der Waals surface area contributed by atoms with Crippen molar-refractivity contribution in [3.05, 3.63) is 76.0 Å². The van der Waals surface area contributed by atoms with Crippen LogP contribution in [0.2, 0.25) is 0 Å². The van der Waals surface area contributed by atoms with E-state index in [-0.39, 0.29) is 12.5 Å². The number of ether oxygens (including phenoxy) is 3. The molecular formula is C24H26N2O5S. The number of hydrogen-bond acceptors (Lipinski definition) is 6. The highest BCUT2D eigenvalue weighted by Gasteiger charge is 2.15. The molecule has 0 fully saturated rings. The molecule has 0 atom stereocenters. The third-order valence-corrected chi connectivity index (χ3v) is 5.64. The molecule has 2 N–H and O–H groups in total. The predicted molar refractivity (Wildman–Crippen MR) is 123 cm³/mol. The van der Waals surface area contributed by atoms with Gasteiger partial charge in [-0.15, -0.1) is 11.3 Å². The molecule has 1 heterocycles. The van der Waals surface area contributed by atoms with Crippen molar-refractivity contribution in [2.45, 2.75) is 20.1 Å². The normalized spacial score (nSPS) is 10.4. The lowest BCUT2D eigenvalue weighted by atomic mass is 10.2. The van der Waals surface area contributed by atoms with E-state index in [1.807, 2.05) is 42.6 Å². The summed E-state index contributed by atoms with van der Waals surface area (Å²) in [5.74, 6) is 1.11. The van der Waals surface area contributed by atoms with Crippen molar-refractivity contribution in [3.63, 3.8) is 0 Å². The van der Waals surface area contributed by atoms with Crippen LogP contribution < -0.4 is 19.9 Å². The van der Waals surface area contributed by atoms with Gasteiger partial charge in [-0.1, -0.05) is 12.1 Å². The quantitative estimate of drug-likeness (QED) is 0.475. The van der Waals surface area contributed by atoms with Gasteiger partial charge in [-0.05, 0) is 60.3 Å². The smallest absolute Gasteiger partial charge is 0.260 e. The van der Waals surface area contributed by atoms with Crippen LogP contribution in [-0.4, -0.2) is 37.0 Å². The van der Waals surface area contributed by atoms with Gasteiger partial charge in [0.15, 0.2) is 18.1 Å². The number of amides is 2. The summed E-state index contributed by atoms with van der Waals surface area (Å²) in [7, 11) is 1.59. The molecule has 0 aliphatic heterocycles. The number of methoxy groups -OCH3 is 1. The largest absolute Gasteiger partial charge is 0.493 e. The summed E-state index contributed by atoms with van der Waals surface area (Å²) in [6.45, 7) is 3.23. The second-order valence-electron chi connectivity index (χ2n) is 6.94. The van der Waals surface area contributed by atoms with Gasteiger partial charge in [-0.25, -0.2) is 0 Å². The lowest BCUT2D eigenvalue weighted by Crippen LogP contribution is -2.34. The summed E-state index contributed by atoms with van der Waals surface area (Å²) in [4.78, 5) is 26.6. The van der Waals surface area contributed by atoms with E-state index in [0.29, 0.717) is 42.5 Å². The number of primary amides is 1. The average molecular weight is 455 g/mol. The number of carbonyl (C=O) groups is 2. The van der Waals surface area contributed by atoms with Gasteiger partial charge in [-0.2, -0.15) is 0 Å². The Labute approximate surface area is 191 Å². The first-order valence-corrected chi connectivity index (χ1v) is 11.0. The molecule has 0 saturated carbocycles. The topological polar surface area (TPSA) is 91.1 Å². The molecule has 0 radical (unpaired) electrons. The van der Waals surface area contributed by atoms with Crippen molar-refractivity contribution in [1.82, 2.24) is 4.90 Å². The van der Waals surface area contributed by atoms with E-state index in [2.05, 4.69) is 0 Å². The third kappa shape index (κ3) is 6.24. The molecule has 8 heteroatoms. The Kier molecular flexibility index (Phi) is 8.10. The summed E-state index contributed by atoms with van der Waals surface area (Å²) in [5, 5.41) is 2.01. The number of carbonyl (C=O) groups excluding carboxylic acids is 2. The highest BCUT2D eigenvalue weighted by molar-refractivity contribution is 7.09. The minimum atomic E-state index is -0.511. The number of nitrogens with zero attached hydrogens (tertiary/aromatic N) is 1. The zero-order chi connectivity index (χ0) is 22.9. The van der Waals surface area contributed by atoms with Crippen LogP contribution in [0, 0.1) is 0 Å². The molecule has 0 bridgehead atoms. The van der Waals surface area contributed by atoms with E-state index in [0.717, 1.165) is 10.4 Å². The maximum absolute atomic E-state index is 12.7. The van der Waals surface area contributed by atoms with Crippen molar-refractivity contribution in [2.75, 3.05) is 20.3 Å². The summed E-state index contributed by atoms with van der Waals surface area (Å²) in [6.07, 6.45) is 0.